The third-order valence-electron chi connectivity index (χ3n) is 4.28. The number of likely N-dealkylation sites (N-methyl/N-ethyl adjacent to an activating group) is 1. The van der Waals surface area contributed by atoms with Crippen LogP contribution < -0.4 is 5.32 Å². The van der Waals surface area contributed by atoms with E-state index in [2.05, 4.69) is 29.0 Å². The van der Waals surface area contributed by atoms with E-state index in [1.807, 2.05) is 4.90 Å². The number of amides is 1. The lowest BCUT2D eigenvalue weighted by Gasteiger charge is -2.35. The number of nitrogens with zero attached hydrogens (tertiary/aromatic N) is 3. The molecule has 19 heavy (non-hydrogen) atoms. The van der Waals surface area contributed by atoms with Crippen molar-refractivity contribution in [3.8, 4) is 0 Å². The molecule has 5 nitrogen and oxygen atoms in total. The van der Waals surface area contributed by atoms with Crippen LogP contribution in [0.5, 0.6) is 0 Å². The van der Waals surface area contributed by atoms with E-state index in [1.54, 1.807) is 0 Å². The molecule has 2 heterocycles. The van der Waals surface area contributed by atoms with Gasteiger partial charge < -0.3 is 20.0 Å². The lowest BCUT2D eigenvalue weighted by atomic mass is 10.2. The molecule has 0 aromatic carbocycles. The monoisotopic (exact) mass is 268 g/mol. The summed E-state index contributed by atoms with van der Waals surface area (Å²) in [5.74, 6) is 0.325. The van der Waals surface area contributed by atoms with Crippen LogP contribution in [0.1, 0.15) is 20.3 Å². The molecule has 0 bridgehead atoms. The molecule has 0 spiro atoms. The van der Waals surface area contributed by atoms with E-state index in [0.717, 1.165) is 58.9 Å². The van der Waals surface area contributed by atoms with Crippen molar-refractivity contribution in [1.29, 1.82) is 0 Å². The third kappa shape index (κ3) is 4.44. The first kappa shape index (κ1) is 14.8. The third-order valence-corrected chi connectivity index (χ3v) is 4.28. The second kappa shape index (κ2) is 7.22. The Kier molecular flexibility index (Phi) is 5.60. The average Bonchev–Trinajstić information content (AvgIpc) is 2.45. The fourth-order valence-corrected chi connectivity index (χ4v) is 2.90. The largest absolute Gasteiger partial charge is 0.340 e. The van der Waals surface area contributed by atoms with Crippen molar-refractivity contribution in [2.75, 3.05) is 58.9 Å². The summed E-state index contributed by atoms with van der Waals surface area (Å²) in [4.78, 5) is 19.1. The zero-order valence-electron chi connectivity index (χ0n) is 12.4. The molecule has 2 fully saturated rings. The van der Waals surface area contributed by atoms with Crippen LogP contribution in [-0.4, -0.2) is 85.6 Å². The van der Waals surface area contributed by atoms with Crippen LogP contribution in [0.4, 0.5) is 0 Å². The minimum Gasteiger partial charge on any atom is -0.340 e. The number of carbonyl (C=O) groups excluding carboxylic acids is 1. The lowest BCUT2D eigenvalue weighted by Crippen LogP contribution is -2.52. The van der Waals surface area contributed by atoms with Crippen molar-refractivity contribution >= 4 is 5.91 Å². The van der Waals surface area contributed by atoms with Gasteiger partial charge in [0.15, 0.2) is 0 Å². The maximum Gasteiger partial charge on any atom is 0.223 e. The van der Waals surface area contributed by atoms with Crippen molar-refractivity contribution in [3.05, 3.63) is 0 Å². The Balaban J connectivity index is 1.66. The Morgan fingerprint density at radius 2 is 1.84 bits per heavy atom. The summed E-state index contributed by atoms with van der Waals surface area (Å²) in [6, 6.07) is 0.436. The number of piperazine rings is 2. The van der Waals surface area contributed by atoms with Crippen LogP contribution in [0, 0.1) is 0 Å². The lowest BCUT2D eigenvalue weighted by molar-refractivity contribution is -0.132. The van der Waals surface area contributed by atoms with Gasteiger partial charge in [0.25, 0.3) is 0 Å². The minimum absolute atomic E-state index is 0.325. The fraction of sp³-hybridized carbons (Fsp3) is 0.929. The van der Waals surface area contributed by atoms with Gasteiger partial charge in [-0.3, -0.25) is 4.79 Å². The van der Waals surface area contributed by atoms with Crippen molar-refractivity contribution < 1.29 is 4.79 Å². The molecule has 1 atom stereocenters. The quantitative estimate of drug-likeness (QED) is 0.769. The van der Waals surface area contributed by atoms with Gasteiger partial charge in [-0.1, -0.05) is 6.92 Å². The van der Waals surface area contributed by atoms with Gasteiger partial charge >= 0.3 is 0 Å². The summed E-state index contributed by atoms with van der Waals surface area (Å²) >= 11 is 0. The Morgan fingerprint density at radius 1 is 1.16 bits per heavy atom. The van der Waals surface area contributed by atoms with E-state index in [0.29, 0.717) is 18.4 Å². The number of hydrogen-bond acceptors (Lipinski definition) is 4. The van der Waals surface area contributed by atoms with E-state index >= 15 is 0 Å². The van der Waals surface area contributed by atoms with E-state index in [1.165, 1.54) is 0 Å². The van der Waals surface area contributed by atoms with Gasteiger partial charge in [-0.2, -0.15) is 0 Å². The predicted octanol–water partition coefficient (Wildman–Crippen LogP) is -0.166. The van der Waals surface area contributed by atoms with Gasteiger partial charge in [0.1, 0.15) is 0 Å². The van der Waals surface area contributed by atoms with Gasteiger partial charge in [0.2, 0.25) is 5.91 Å². The van der Waals surface area contributed by atoms with Crippen LogP contribution in [0.3, 0.4) is 0 Å². The molecule has 5 heteroatoms. The van der Waals surface area contributed by atoms with Gasteiger partial charge in [-0.25, -0.2) is 0 Å². The SMILES string of the molecule is CCN1CCN(CCC(=O)N2CCNC(C)C2)CC1. The summed E-state index contributed by atoms with van der Waals surface area (Å²) in [5.41, 5.74) is 0. The first-order valence-corrected chi connectivity index (χ1v) is 7.65. The number of carbonyl (C=O) groups is 1. The first-order valence-electron chi connectivity index (χ1n) is 7.65. The second-order valence-corrected chi connectivity index (χ2v) is 5.72. The summed E-state index contributed by atoms with van der Waals surface area (Å²) in [6.07, 6.45) is 0.679. The average molecular weight is 268 g/mol. The van der Waals surface area contributed by atoms with Gasteiger partial charge in [0, 0.05) is 64.8 Å². The minimum atomic E-state index is 0.325. The highest BCUT2D eigenvalue weighted by molar-refractivity contribution is 5.76. The molecule has 2 saturated heterocycles. The van der Waals surface area contributed by atoms with Crippen molar-refractivity contribution in [1.82, 2.24) is 20.0 Å². The zero-order chi connectivity index (χ0) is 13.7. The molecule has 0 aliphatic carbocycles. The molecule has 2 aliphatic heterocycles. The molecule has 1 amide bonds. The Hall–Kier alpha value is -0.650. The van der Waals surface area contributed by atoms with Crippen molar-refractivity contribution in [3.63, 3.8) is 0 Å². The molecule has 0 radical (unpaired) electrons. The van der Waals surface area contributed by atoms with E-state index < -0.39 is 0 Å². The molecule has 110 valence electrons. The Bertz CT molecular complexity index is 289. The number of rotatable bonds is 4. The van der Waals surface area contributed by atoms with Crippen LogP contribution >= 0.6 is 0 Å². The van der Waals surface area contributed by atoms with E-state index in [-0.39, 0.29) is 0 Å². The standard InChI is InChI=1S/C14H28N4O/c1-3-16-8-10-17(11-9-16)6-4-14(19)18-7-5-15-13(2)12-18/h13,15H,3-12H2,1-2H3. The smallest absolute Gasteiger partial charge is 0.223 e. The topological polar surface area (TPSA) is 38.8 Å². The normalized spacial score (nSPS) is 26.6. The maximum absolute atomic E-state index is 12.2. The van der Waals surface area contributed by atoms with Crippen LogP contribution in [0.2, 0.25) is 0 Å². The molecule has 2 rings (SSSR count). The zero-order valence-corrected chi connectivity index (χ0v) is 12.4. The van der Waals surface area contributed by atoms with E-state index in [4.69, 9.17) is 0 Å². The van der Waals surface area contributed by atoms with Gasteiger partial charge in [0.05, 0.1) is 0 Å². The molecule has 0 aromatic heterocycles. The Labute approximate surface area is 116 Å². The highest BCUT2D eigenvalue weighted by Crippen LogP contribution is 2.05. The predicted molar refractivity (Wildman–Crippen MR) is 77.2 cm³/mol. The van der Waals surface area contributed by atoms with Crippen LogP contribution in [0.15, 0.2) is 0 Å². The summed E-state index contributed by atoms with van der Waals surface area (Å²) in [5, 5.41) is 3.37. The molecule has 1 N–H and O–H groups in total. The van der Waals surface area contributed by atoms with Gasteiger partial charge in [-0.05, 0) is 13.5 Å². The number of nitrogens with one attached hydrogen (secondary N) is 1. The summed E-state index contributed by atoms with van der Waals surface area (Å²) in [7, 11) is 0. The molecular weight excluding hydrogens is 240 g/mol. The summed E-state index contributed by atoms with van der Waals surface area (Å²) in [6.45, 7) is 13.6. The van der Waals surface area contributed by atoms with Crippen molar-refractivity contribution in [2.45, 2.75) is 26.3 Å². The van der Waals surface area contributed by atoms with E-state index in [9.17, 15) is 4.79 Å². The van der Waals surface area contributed by atoms with Crippen molar-refractivity contribution in [2.24, 2.45) is 0 Å². The highest BCUT2D eigenvalue weighted by atomic mass is 16.2. The second-order valence-electron chi connectivity index (χ2n) is 5.72. The first-order chi connectivity index (χ1) is 9.19. The number of hydrogen-bond donors (Lipinski definition) is 1. The Morgan fingerprint density at radius 3 is 2.47 bits per heavy atom. The van der Waals surface area contributed by atoms with Crippen LogP contribution in [-0.2, 0) is 4.79 Å². The van der Waals surface area contributed by atoms with Crippen LogP contribution in [0.25, 0.3) is 0 Å². The molecule has 0 saturated carbocycles. The molecule has 1 unspecified atom stereocenters. The molecule has 0 aromatic rings. The van der Waals surface area contributed by atoms with Gasteiger partial charge in [-0.15, -0.1) is 0 Å². The fourth-order valence-electron chi connectivity index (χ4n) is 2.90. The summed E-state index contributed by atoms with van der Waals surface area (Å²) < 4.78 is 0. The highest BCUT2D eigenvalue weighted by Gasteiger charge is 2.21. The molecule has 2 aliphatic rings. The molecular formula is C14H28N4O. The maximum atomic E-state index is 12.2.